The van der Waals surface area contributed by atoms with Crippen LogP contribution in [0.2, 0.25) is 0 Å². The first kappa shape index (κ1) is 26.8. The summed E-state index contributed by atoms with van der Waals surface area (Å²) in [5.74, 6) is -1.59. The van der Waals surface area contributed by atoms with Crippen LogP contribution in [0, 0.1) is 5.82 Å². The maximum atomic E-state index is 14.4. The van der Waals surface area contributed by atoms with Crippen molar-refractivity contribution >= 4 is 43.5 Å². The monoisotopic (exact) mass is 541 g/mol. The van der Waals surface area contributed by atoms with Crippen LogP contribution in [0.3, 0.4) is 0 Å². The summed E-state index contributed by atoms with van der Waals surface area (Å²) in [5, 5.41) is 2.81. The lowest BCUT2D eigenvalue weighted by Gasteiger charge is -2.33. The molecule has 0 saturated heterocycles. The lowest BCUT2D eigenvalue weighted by molar-refractivity contribution is -0.140. The van der Waals surface area contributed by atoms with E-state index in [2.05, 4.69) is 21.2 Å². The summed E-state index contributed by atoms with van der Waals surface area (Å²) in [6, 6.07) is 11.4. The molecule has 0 aromatic heterocycles. The molecule has 0 bridgehead atoms. The number of hydrogen-bond acceptors (Lipinski definition) is 4. The van der Waals surface area contributed by atoms with E-state index in [1.165, 1.54) is 30.0 Å². The number of amides is 2. The number of carbonyl (C=O) groups is 2. The van der Waals surface area contributed by atoms with Gasteiger partial charge < -0.3 is 10.2 Å². The van der Waals surface area contributed by atoms with Crippen LogP contribution in [0.25, 0.3) is 0 Å². The summed E-state index contributed by atoms with van der Waals surface area (Å²) in [6.45, 7) is 6.22. The van der Waals surface area contributed by atoms with Gasteiger partial charge in [0.1, 0.15) is 18.4 Å². The molecule has 0 fully saturated rings. The second-order valence-corrected chi connectivity index (χ2v) is 11.6. The highest BCUT2D eigenvalue weighted by molar-refractivity contribution is 9.10. The van der Waals surface area contributed by atoms with Gasteiger partial charge in [-0.25, -0.2) is 12.8 Å². The Balaban J connectivity index is 2.41. The molecule has 1 N–H and O–H groups in total. The average molecular weight is 542 g/mol. The Kier molecular flexibility index (Phi) is 8.64. The highest BCUT2D eigenvalue weighted by Gasteiger charge is 2.31. The third-order valence-corrected chi connectivity index (χ3v) is 6.43. The minimum atomic E-state index is -3.82. The molecule has 2 aromatic rings. The lowest BCUT2D eigenvalue weighted by Crippen LogP contribution is -2.54. The third-order valence-electron chi connectivity index (χ3n) is 4.76. The molecule has 180 valence electrons. The number of anilines is 1. The molecule has 0 aliphatic heterocycles. The topological polar surface area (TPSA) is 86.8 Å². The van der Waals surface area contributed by atoms with Gasteiger partial charge in [0.25, 0.3) is 0 Å². The standard InChI is InChI=1S/C23H29BrFN3O4S/c1-16(22(30)26-23(2,3)4)27(14-17-8-6-7-9-20(17)25)21(29)15-28(33(5,31)32)19-12-10-18(24)11-13-19/h6-13,16H,14-15H2,1-5H3,(H,26,30)/t16-/m0/s1. The fourth-order valence-electron chi connectivity index (χ4n) is 3.09. The van der Waals surface area contributed by atoms with Crippen molar-refractivity contribution in [1.82, 2.24) is 10.2 Å². The molecule has 0 radical (unpaired) electrons. The van der Waals surface area contributed by atoms with Gasteiger partial charge in [0.05, 0.1) is 11.9 Å². The van der Waals surface area contributed by atoms with Gasteiger partial charge in [-0.1, -0.05) is 34.1 Å². The molecule has 0 spiro atoms. The van der Waals surface area contributed by atoms with Crippen molar-refractivity contribution in [1.29, 1.82) is 0 Å². The summed E-state index contributed by atoms with van der Waals surface area (Å²) in [6.07, 6.45) is 0.999. The number of halogens is 2. The van der Waals surface area contributed by atoms with Crippen molar-refractivity contribution in [2.75, 3.05) is 17.1 Å². The zero-order chi connectivity index (χ0) is 25.0. The Labute approximate surface area is 203 Å². The van der Waals surface area contributed by atoms with Gasteiger partial charge in [0.15, 0.2) is 0 Å². The van der Waals surface area contributed by atoms with Crippen LogP contribution in [-0.2, 0) is 26.2 Å². The third kappa shape index (κ3) is 7.82. The molecule has 0 unspecified atom stereocenters. The Morgan fingerprint density at radius 3 is 2.18 bits per heavy atom. The van der Waals surface area contributed by atoms with E-state index in [1.54, 1.807) is 51.1 Å². The molecule has 10 heteroatoms. The number of benzene rings is 2. The molecule has 7 nitrogen and oxygen atoms in total. The van der Waals surface area contributed by atoms with Crippen molar-refractivity contribution in [2.45, 2.75) is 45.8 Å². The molecular weight excluding hydrogens is 513 g/mol. The number of rotatable bonds is 8. The van der Waals surface area contributed by atoms with Crippen molar-refractivity contribution in [3.63, 3.8) is 0 Å². The molecule has 2 aromatic carbocycles. The zero-order valence-electron chi connectivity index (χ0n) is 19.3. The van der Waals surface area contributed by atoms with Gasteiger partial charge in [-0.15, -0.1) is 0 Å². The quantitative estimate of drug-likeness (QED) is 0.552. The SMILES string of the molecule is C[C@@H](C(=O)NC(C)(C)C)N(Cc1ccccc1F)C(=O)CN(c1ccc(Br)cc1)S(C)(=O)=O. The maximum absolute atomic E-state index is 14.4. The van der Waals surface area contributed by atoms with Crippen LogP contribution in [-0.4, -0.2) is 49.5 Å². The van der Waals surface area contributed by atoms with E-state index in [-0.39, 0.29) is 12.1 Å². The molecule has 0 saturated carbocycles. The van der Waals surface area contributed by atoms with Crippen LogP contribution in [0.4, 0.5) is 10.1 Å². The average Bonchev–Trinajstić information content (AvgIpc) is 2.69. The van der Waals surface area contributed by atoms with Crippen LogP contribution in [0.5, 0.6) is 0 Å². The maximum Gasteiger partial charge on any atom is 0.244 e. The van der Waals surface area contributed by atoms with Crippen LogP contribution in [0.15, 0.2) is 53.0 Å². The smallest absolute Gasteiger partial charge is 0.244 e. The number of hydrogen-bond donors (Lipinski definition) is 1. The van der Waals surface area contributed by atoms with E-state index >= 15 is 0 Å². The summed E-state index contributed by atoms with van der Waals surface area (Å²) in [7, 11) is -3.82. The number of carbonyl (C=O) groups excluding carboxylic acids is 2. The largest absolute Gasteiger partial charge is 0.350 e. The first-order valence-corrected chi connectivity index (χ1v) is 12.9. The number of sulfonamides is 1. The molecule has 2 rings (SSSR count). The Hall–Kier alpha value is -2.46. The summed E-state index contributed by atoms with van der Waals surface area (Å²) in [4.78, 5) is 27.4. The highest BCUT2D eigenvalue weighted by atomic mass is 79.9. The first-order valence-electron chi connectivity index (χ1n) is 10.3. The van der Waals surface area contributed by atoms with Crippen molar-refractivity contribution in [3.8, 4) is 0 Å². The second kappa shape index (κ2) is 10.6. The van der Waals surface area contributed by atoms with Gasteiger partial charge in [-0.05, 0) is 58.0 Å². The zero-order valence-corrected chi connectivity index (χ0v) is 21.7. The van der Waals surface area contributed by atoms with E-state index < -0.39 is 45.8 Å². The van der Waals surface area contributed by atoms with E-state index in [1.807, 2.05) is 0 Å². The molecular formula is C23H29BrFN3O4S. The van der Waals surface area contributed by atoms with Gasteiger partial charge in [-0.3, -0.25) is 13.9 Å². The predicted molar refractivity (Wildman–Crippen MR) is 131 cm³/mol. The van der Waals surface area contributed by atoms with E-state index in [4.69, 9.17) is 0 Å². The van der Waals surface area contributed by atoms with Crippen LogP contribution < -0.4 is 9.62 Å². The molecule has 1 atom stereocenters. The van der Waals surface area contributed by atoms with E-state index in [9.17, 15) is 22.4 Å². The Bertz CT molecular complexity index is 1100. The van der Waals surface area contributed by atoms with Crippen molar-refractivity contribution in [2.24, 2.45) is 0 Å². The minimum absolute atomic E-state index is 0.192. The highest BCUT2D eigenvalue weighted by Crippen LogP contribution is 2.22. The van der Waals surface area contributed by atoms with Crippen LogP contribution >= 0.6 is 15.9 Å². The van der Waals surface area contributed by atoms with Gasteiger partial charge in [0.2, 0.25) is 21.8 Å². The van der Waals surface area contributed by atoms with Crippen molar-refractivity contribution in [3.05, 3.63) is 64.4 Å². The van der Waals surface area contributed by atoms with Crippen LogP contribution in [0.1, 0.15) is 33.3 Å². The molecule has 0 aliphatic rings. The van der Waals surface area contributed by atoms with E-state index in [0.29, 0.717) is 5.69 Å². The number of nitrogens with one attached hydrogen (secondary N) is 1. The summed E-state index contributed by atoms with van der Waals surface area (Å²) >= 11 is 3.30. The minimum Gasteiger partial charge on any atom is -0.350 e. The Morgan fingerprint density at radius 1 is 1.09 bits per heavy atom. The fourth-order valence-corrected chi connectivity index (χ4v) is 4.20. The van der Waals surface area contributed by atoms with Gasteiger partial charge in [-0.2, -0.15) is 0 Å². The molecule has 0 heterocycles. The summed E-state index contributed by atoms with van der Waals surface area (Å²) < 4.78 is 41.0. The molecule has 0 aliphatic carbocycles. The van der Waals surface area contributed by atoms with Crippen molar-refractivity contribution < 1.29 is 22.4 Å². The molecule has 33 heavy (non-hydrogen) atoms. The summed E-state index contributed by atoms with van der Waals surface area (Å²) in [5.41, 5.74) is -0.0311. The second-order valence-electron chi connectivity index (χ2n) is 8.77. The van der Waals surface area contributed by atoms with E-state index in [0.717, 1.165) is 15.0 Å². The lowest BCUT2D eigenvalue weighted by atomic mass is 10.1. The Morgan fingerprint density at radius 2 is 1.67 bits per heavy atom. The predicted octanol–water partition coefficient (Wildman–Crippen LogP) is 3.69. The van der Waals surface area contributed by atoms with Gasteiger partial charge >= 0.3 is 0 Å². The number of nitrogens with zero attached hydrogens (tertiary/aromatic N) is 2. The normalized spacial score (nSPS) is 12.7. The molecule has 2 amide bonds. The van der Waals surface area contributed by atoms with Gasteiger partial charge in [0, 0.05) is 22.1 Å². The first-order chi connectivity index (χ1) is 15.2. The fraction of sp³-hybridized carbons (Fsp3) is 0.391.